The standard InChI is InChI=1S/C22H25Cl2F2N3O/c1-13-5-4-8-21(13)9-11-29(12-10-21)20-19(22(25,26)30)28-18(14(2)27-20)15-6-3-7-16(23)17(15)24/h3,6-7,13,30H,4-5,8-12H2,1-2H3/t13-/m1/s1. The van der Waals surface area contributed by atoms with Gasteiger partial charge in [0.15, 0.2) is 11.5 Å². The molecule has 2 aliphatic rings. The molecule has 0 bridgehead atoms. The molecule has 1 saturated carbocycles. The molecule has 1 aliphatic heterocycles. The van der Waals surface area contributed by atoms with Gasteiger partial charge in [-0.2, -0.15) is 8.78 Å². The lowest BCUT2D eigenvalue weighted by atomic mass is 9.71. The van der Waals surface area contributed by atoms with Crippen molar-refractivity contribution in [1.29, 1.82) is 0 Å². The highest BCUT2D eigenvalue weighted by Gasteiger charge is 2.44. The van der Waals surface area contributed by atoms with Crippen LogP contribution >= 0.6 is 23.2 Å². The zero-order valence-electron chi connectivity index (χ0n) is 17.1. The average Bonchev–Trinajstić information content (AvgIpc) is 3.04. The van der Waals surface area contributed by atoms with E-state index in [1.54, 1.807) is 25.1 Å². The minimum atomic E-state index is -4.12. The first-order chi connectivity index (χ1) is 14.1. The third-order valence-corrected chi connectivity index (χ3v) is 7.78. The topological polar surface area (TPSA) is 49.2 Å². The summed E-state index contributed by atoms with van der Waals surface area (Å²) in [5.41, 5.74) is 0.609. The molecule has 1 N–H and O–H groups in total. The number of piperidine rings is 1. The molecule has 1 spiro atoms. The van der Waals surface area contributed by atoms with E-state index in [0.717, 1.165) is 12.8 Å². The molecule has 0 amide bonds. The molecule has 1 aromatic heterocycles. The second kappa shape index (κ2) is 7.88. The summed E-state index contributed by atoms with van der Waals surface area (Å²) < 4.78 is 28.4. The van der Waals surface area contributed by atoms with Crippen LogP contribution in [0.4, 0.5) is 14.6 Å². The van der Waals surface area contributed by atoms with Crippen molar-refractivity contribution in [3.63, 3.8) is 0 Å². The summed E-state index contributed by atoms with van der Waals surface area (Å²) >= 11 is 12.4. The van der Waals surface area contributed by atoms with Crippen molar-refractivity contribution < 1.29 is 13.9 Å². The maximum absolute atomic E-state index is 14.2. The molecule has 1 atom stereocenters. The maximum Gasteiger partial charge on any atom is 0.401 e. The Balaban J connectivity index is 1.72. The molecule has 1 aromatic carbocycles. The highest BCUT2D eigenvalue weighted by atomic mass is 35.5. The lowest BCUT2D eigenvalue weighted by Crippen LogP contribution is -2.42. The fourth-order valence-electron chi connectivity index (χ4n) is 5.09. The lowest BCUT2D eigenvalue weighted by molar-refractivity contribution is -0.211. The molecule has 0 unspecified atom stereocenters. The van der Waals surface area contributed by atoms with Crippen LogP contribution < -0.4 is 4.90 Å². The summed E-state index contributed by atoms with van der Waals surface area (Å²) in [6, 6.07) is 4.93. The second-order valence-corrected chi connectivity index (χ2v) is 9.40. The molecule has 1 saturated heterocycles. The monoisotopic (exact) mass is 455 g/mol. The molecule has 2 fully saturated rings. The van der Waals surface area contributed by atoms with E-state index in [2.05, 4.69) is 16.9 Å². The number of aromatic nitrogens is 2. The normalized spacial score (nSPS) is 21.4. The van der Waals surface area contributed by atoms with Crippen LogP contribution in [0.5, 0.6) is 0 Å². The Bertz CT molecular complexity index is 956. The summed E-state index contributed by atoms with van der Waals surface area (Å²) in [4.78, 5) is 10.4. The molecular formula is C22H25Cl2F2N3O. The first kappa shape index (κ1) is 21.7. The Morgan fingerprint density at radius 1 is 1.17 bits per heavy atom. The van der Waals surface area contributed by atoms with E-state index in [4.69, 9.17) is 23.2 Å². The lowest BCUT2D eigenvalue weighted by Gasteiger charge is -2.43. The van der Waals surface area contributed by atoms with Gasteiger partial charge in [-0.1, -0.05) is 55.1 Å². The largest absolute Gasteiger partial charge is 0.401 e. The van der Waals surface area contributed by atoms with Gasteiger partial charge in [0.1, 0.15) is 0 Å². The maximum atomic E-state index is 14.2. The molecule has 2 aromatic rings. The van der Waals surface area contributed by atoms with E-state index in [1.165, 1.54) is 19.3 Å². The summed E-state index contributed by atoms with van der Waals surface area (Å²) in [6.45, 7) is 5.24. The van der Waals surface area contributed by atoms with Crippen molar-refractivity contribution in [3.05, 3.63) is 39.6 Å². The smallest absolute Gasteiger partial charge is 0.355 e. The van der Waals surface area contributed by atoms with E-state index in [9.17, 15) is 13.9 Å². The van der Waals surface area contributed by atoms with Crippen LogP contribution in [0.25, 0.3) is 11.3 Å². The summed E-state index contributed by atoms with van der Waals surface area (Å²) in [7, 11) is 0. The Labute approximate surface area is 185 Å². The molecule has 1 aliphatic carbocycles. The van der Waals surface area contributed by atoms with Gasteiger partial charge in [-0.3, -0.25) is 0 Å². The van der Waals surface area contributed by atoms with E-state index in [-0.39, 0.29) is 16.5 Å². The van der Waals surface area contributed by atoms with Gasteiger partial charge in [0, 0.05) is 18.7 Å². The number of hydrogen-bond acceptors (Lipinski definition) is 4. The van der Waals surface area contributed by atoms with Crippen LogP contribution in [0.15, 0.2) is 18.2 Å². The predicted octanol–water partition coefficient (Wildman–Crippen LogP) is 6.21. The number of alkyl halides is 2. The van der Waals surface area contributed by atoms with E-state index >= 15 is 0 Å². The highest BCUT2D eigenvalue weighted by molar-refractivity contribution is 6.43. The van der Waals surface area contributed by atoms with E-state index < -0.39 is 11.8 Å². The highest BCUT2D eigenvalue weighted by Crippen LogP contribution is 2.51. The number of aryl methyl sites for hydroxylation is 1. The zero-order valence-corrected chi connectivity index (χ0v) is 18.6. The quantitative estimate of drug-likeness (QED) is 0.597. The average molecular weight is 456 g/mol. The van der Waals surface area contributed by atoms with Gasteiger partial charge in [0.2, 0.25) is 0 Å². The molecule has 0 radical (unpaired) electrons. The molecular weight excluding hydrogens is 431 g/mol. The number of anilines is 1. The van der Waals surface area contributed by atoms with Crippen molar-refractivity contribution >= 4 is 29.0 Å². The Hall–Kier alpha value is -1.50. The van der Waals surface area contributed by atoms with Crippen LogP contribution in [0.2, 0.25) is 10.0 Å². The number of aliphatic hydroxyl groups is 1. The SMILES string of the molecule is Cc1nc(N2CCC3(CCC[C@H]3C)CC2)c(C(O)(F)F)nc1-c1cccc(Cl)c1Cl. The van der Waals surface area contributed by atoms with Gasteiger partial charge in [-0.05, 0) is 43.6 Å². The fourth-order valence-corrected chi connectivity index (χ4v) is 5.48. The van der Waals surface area contributed by atoms with Crippen LogP contribution in [0, 0.1) is 18.3 Å². The third-order valence-electron chi connectivity index (χ3n) is 6.96. The Kier molecular flexibility index (Phi) is 5.71. The number of halogens is 4. The molecule has 8 heteroatoms. The Morgan fingerprint density at radius 2 is 1.87 bits per heavy atom. The number of benzene rings is 1. The van der Waals surface area contributed by atoms with Gasteiger partial charge in [0.05, 0.1) is 21.4 Å². The predicted molar refractivity (Wildman–Crippen MR) is 115 cm³/mol. The van der Waals surface area contributed by atoms with Gasteiger partial charge in [-0.15, -0.1) is 0 Å². The first-order valence-corrected chi connectivity index (χ1v) is 11.1. The van der Waals surface area contributed by atoms with Gasteiger partial charge >= 0.3 is 6.11 Å². The van der Waals surface area contributed by atoms with Crippen molar-refractivity contribution in [2.45, 2.75) is 52.1 Å². The number of rotatable bonds is 3. The minimum absolute atomic E-state index is 0.0439. The van der Waals surface area contributed by atoms with Crippen molar-refractivity contribution in [2.24, 2.45) is 11.3 Å². The van der Waals surface area contributed by atoms with Gasteiger partial charge < -0.3 is 10.0 Å². The summed E-state index contributed by atoms with van der Waals surface area (Å²) in [5.74, 6) is 0.695. The number of hydrogen-bond donors (Lipinski definition) is 1. The van der Waals surface area contributed by atoms with Gasteiger partial charge in [0.25, 0.3) is 0 Å². The second-order valence-electron chi connectivity index (χ2n) is 8.62. The van der Waals surface area contributed by atoms with E-state index in [0.29, 0.717) is 40.7 Å². The number of nitrogens with zero attached hydrogens (tertiary/aromatic N) is 3. The Morgan fingerprint density at radius 3 is 2.47 bits per heavy atom. The van der Waals surface area contributed by atoms with Crippen LogP contribution in [0.3, 0.4) is 0 Å². The van der Waals surface area contributed by atoms with Crippen LogP contribution in [-0.4, -0.2) is 28.2 Å². The zero-order chi connectivity index (χ0) is 21.7. The van der Waals surface area contributed by atoms with Crippen molar-refractivity contribution in [3.8, 4) is 11.3 Å². The van der Waals surface area contributed by atoms with Gasteiger partial charge in [-0.25, -0.2) is 9.97 Å². The van der Waals surface area contributed by atoms with Crippen LogP contribution in [-0.2, 0) is 6.11 Å². The molecule has 4 rings (SSSR count). The molecule has 30 heavy (non-hydrogen) atoms. The van der Waals surface area contributed by atoms with E-state index in [1.807, 2.05) is 4.90 Å². The third kappa shape index (κ3) is 3.78. The first-order valence-electron chi connectivity index (χ1n) is 10.3. The molecule has 2 heterocycles. The molecule has 162 valence electrons. The van der Waals surface area contributed by atoms with Crippen molar-refractivity contribution in [2.75, 3.05) is 18.0 Å². The molecule has 4 nitrogen and oxygen atoms in total. The summed E-state index contributed by atoms with van der Waals surface area (Å²) in [5, 5.41) is 10.1. The summed E-state index contributed by atoms with van der Waals surface area (Å²) in [6.07, 6.45) is 1.41. The minimum Gasteiger partial charge on any atom is -0.355 e. The van der Waals surface area contributed by atoms with Crippen molar-refractivity contribution in [1.82, 2.24) is 9.97 Å². The van der Waals surface area contributed by atoms with Crippen LogP contribution in [0.1, 0.15) is 50.4 Å². The fraction of sp³-hybridized carbons (Fsp3) is 0.545.